The molecule has 2 aliphatic rings. The Balaban J connectivity index is 2.11. The van der Waals surface area contributed by atoms with E-state index in [2.05, 4.69) is 44.8 Å². The summed E-state index contributed by atoms with van der Waals surface area (Å²) in [6.07, 6.45) is 8.10. The third-order valence-electron chi connectivity index (χ3n) is 5.21. The summed E-state index contributed by atoms with van der Waals surface area (Å²) < 4.78 is 0. The van der Waals surface area contributed by atoms with Gasteiger partial charge in [-0.2, -0.15) is 0 Å². The van der Waals surface area contributed by atoms with Crippen LogP contribution >= 0.6 is 0 Å². The molecular formula is C18H34N2O. The molecule has 1 spiro atoms. The fraction of sp³-hybridized carbons (Fsp3) is 0.944. The van der Waals surface area contributed by atoms with Crippen LogP contribution in [-0.4, -0.2) is 28.6 Å². The monoisotopic (exact) mass is 294 g/mol. The summed E-state index contributed by atoms with van der Waals surface area (Å²) >= 11 is 0. The van der Waals surface area contributed by atoms with E-state index < -0.39 is 0 Å². The Labute approximate surface area is 130 Å². The van der Waals surface area contributed by atoms with E-state index >= 15 is 0 Å². The lowest BCUT2D eigenvalue weighted by Gasteiger charge is -2.32. The van der Waals surface area contributed by atoms with E-state index in [1.54, 1.807) is 0 Å². The zero-order valence-electron chi connectivity index (χ0n) is 14.6. The van der Waals surface area contributed by atoms with Crippen LogP contribution in [0.15, 0.2) is 0 Å². The highest BCUT2D eigenvalue weighted by Gasteiger charge is 2.53. The lowest BCUT2D eigenvalue weighted by atomic mass is 9.97. The molecule has 2 atom stereocenters. The third kappa shape index (κ3) is 3.61. The van der Waals surface area contributed by atoms with Crippen molar-refractivity contribution in [1.29, 1.82) is 0 Å². The number of hydrogen-bond acceptors (Lipinski definition) is 2. The summed E-state index contributed by atoms with van der Waals surface area (Å²) in [7, 11) is 0. The van der Waals surface area contributed by atoms with Gasteiger partial charge < -0.3 is 4.90 Å². The van der Waals surface area contributed by atoms with Crippen molar-refractivity contribution in [1.82, 2.24) is 10.2 Å². The van der Waals surface area contributed by atoms with Gasteiger partial charge in [-0.05, 0) is 50.9 Å². The minimum Gasteiger partial charge on any atom is -0.323 e. The molecule has 1 saturated heterocycles. The first-order chi connectivity index (χ1) is 9.85. The molecule has 0 aromatic carbocycles. The van der Waals surface area contributed by atoms with E-state index in [9.17, 15) is 4.79 Å². The van der Waals surface area contributed by atoms with Gasteiger partial charge in [0.15, 0.2) is 0 Å². The lowest BCUT2D eigenvalue weighted by molar-refractivity contribution is -0.135. The van der Waals surface area contributed by atoms with Crippen LogP contribution in [-0.2, 0) is 4.79 Å². The molecule has 0 aromatic rings. The van der Waals surface area contributed by atoms with Crippen molar-refractivity contribution in [2.45, 2.75) is 97.3 Å². The van der Waals surface area contributed by atoms with Crippen molar-refractivity contribution in [3.05, 3.63) is 0 Å². The highest BCUT2D eigenvalue weighted by Crippen LogP contribution is 2.39. The molecular weight excluding hydrogens is 260 g/mol. The first-order valence-corrected chi connectivity index (χ1v) is 8.96. The van der Waals surface area contributed by atoms with Crippen LogP contribution in [0.25, 0.3) is 0 Å². The summed E-state index contributed by atoms with van der Waals surface area (Å²) in [5.74, 6) is 1.72. The maximum atomic E-state index is 13.1. The van der Waals surface area contributed by atoms with E-state index in [0.717, 1.165) is 25.7 Å². The molecule has 1 aliphatic heterocycles. The largest absolute Gasteiger partial charge is 0.323 e. The lowest BCUT2D eigenvalue weighted by Crippen LogP contribution is -2.45. The molecule has 1 amide bonds. The fourth-order valence-electron chi connectivity index (χ4n) is 4.02. The summed E-state index contributed by atoms with van der Waals surface area (Å²) in [6, 6.07) is 0.358. The van der Waals surface area contributed by atoms with E-state index in [1.165, 1.54) is 19.3 Å². The average Bonchev–Trinajstić information content (AvgIpc) is 2.94. The second-order valence-electron chi connectivity index (χ2n) is 8.11. The second kappa shape index (κ2) is 6.68. The normalized spacial score (nSPS) is 26.5. The van der Waals surface area contributed by atoms with E-state index in [1.807, 2.05) is 0 Å². The highest BCUT2D eigenvalue weighted by molar-refractivity contribution is 5.89. The maximum absolute atomic E-state index is 13.1. The molecule has 0 radical (unpaired) electrons. The van der Waals surface area contributed by atoms with Gasteiger partial charge in [0.25, 0.3) is 0 Å². The number of nitrogens with zero attached hydrogens (tertiary/aromatic N) is 1. The van der Waals surface area contributed by atoms with Gasteiger partial charge in [-0.1, -0.05) is 40.5 Å². The van der Waals surface area contributed by atoms with Crippen molar-refractivity contribution in [3.63, 3.8) is 0 Å². The van der Waals surface area contributed by atoms with Gasteiger partial charge in [0.05, 0.1) is 11.7 Å². The van der Waals surface area contributed by atoms with E-state index in [0.29, 0.717) is 23.8 Å². The van der Waals surface area contributed by atoms with Crippen molar-refractivity contribution < 1.29 is 4.79 Å². The van der Waals surface area contributed by atoms with Gasteiger partial charge in [-0.25, -0.2) is 0 Å². The van der Waals surface area contributed by atoms with Crippen LogP contribution in [0.5, 0.6) is 0 Å². The number of carbonyl (C=O) groups is 1. The van der Waals surface area contributed by atoms with Gasteiger partial charge in [0.2, 0.25) is 5.91 Å². The summed E-state index contributed by atoms with van der Waals surface area (Å²) in [5, 5.41) is 3.74. The number of amides is 1. The third-order valence-corrected chi connectivity index (χ3v) is 5.21. The minimum absolute atomic E-state index is 0.217. The number of hydrogen-bond donors (Lipinski definition) is 1. The van der Waals surface area contributed by atoms with Crippen LogP contribution in [0.3, 0.4) is 0 Å². The van der Waals surface area contributed by atoms with Gasteiger partial charge in [-0.15, -0.1) is 0 Å². The Kier molecular flexibility index (Phi) is 5.34. The van der Waals surface area contributed by atoms with Crippen LogP contribution in [0.4, 0.5) is 0 Å². The van der Waals surface area contributed by atoms with Crippen molar-refractivity contribution in [2.24, 2.45) is 11.8 Å². The zero-order valence-corrected chi connectivity index (χ0v) is 14.6. The van der Waals surface area contributed by atoms with Crippen LogP contribution in [0, 0.1) is 11.8 Å². The number of rotatable bonds is 6. The standard InChI is InChI=1S/C18H34N2O/c1-13(2)8-9-15(5)20-16(12-14(3)4)19-18(17(20)21)10-6-7-11-18/h13-16,19H,6-12H2,1-5H3. The van der Waals surface area contributed by atoms with Gasteiger partial charge >= 0.3 is 0 Å². The molecule has 3 nitrogen and oxygen atoms in total. The number of nitrogens with one attached hydrogen (secondary N) is 1. The summed E-state index contributed by atoms with van der Waals surface area (Å²) in [5.41, 5.74) is -0.217. The van der Waals surface area contributed by atoms with E-state index in [-0.39, 0.29) is 11.7 Å². The quantitative estimate of drug-likeness (QED) is 0.805. The van der Waals surface area contributed by atoms with Gasteiger partial charge in [0, 0.05) is 6.04 Å². The average molecular weight is 294 g/mol. The van der Waals surface area contributed by atoms with Crippen molar-refractivity contribution >= 4 is 5.91 Å². The smallest absolute Gasteiger partial charge is 0.244 e. The highest BCUT2D eigenvalue weighted by atomic mass is 16.2. The van der Waals surface area contributed by atoms with Crippen LogP contribution < -0.4 is 5.32 Å². The minimum atomic E-state index is -0.217. The molecule has 2 unspecified atom stereocenters. The SMILES string of the molecule is CC(C)CCC(C)N1C(=O)C2(CCCC2)NC1CC(C)C. The Morgan fingerprint density at radius 3 is 2.24 bits per heavy atom. The maximum Gasteiger partial charge on any atom is 0.244 e. The predicted molar refractivity (Wildman–Crippen MR) is 88.0 cm³/mol. The molecule has 21 heavy (non-hydrogen) atoms. The van der Waals surface area contributed by atoms with Gasteiger partial charge in [-0.3, -0.25) is 10.1 Å². The topological polar surface area (TPSA) is 32.3 Å². The second-order valence-corrected chi connectivity index (χ2v) is 8.11. The summed E-state index contributed by atoms with van der Waals surface area (Å²) in [4.78, 5) is 15.3. The fourth-order valence-corrected chi connectivity index (χ4v) is 4.02. The molecule has 2 fully saturated rings. The van der Waals surface area contributed by atoms with Crippen molar-refractivity contribution in [3.8, 4) is 0 Å². The molecule has 122 valence electrons. The van der Waals surface area contributed by atoms with Crippen LogP contribution in [0.2, 0.25) is 0 Å². The Morgan fingerprint density at radius 2 is 1.71 bits per heavy atom. The summed E-state index contributed by atoms with van der Waals surface area (Å²) in [6.45, 7) is 11.3. The first-order valence-electron chi connectivity index (χ1n) is 8.96. The molecule has 0 aromatic heterocycles. The molecule has 2 rings (SSSR count). The molecule has 1 aliphatic carbocycles. The Bertz CT molecular complexity index is 358. The zero-order chi connectivity index (χ0) is 15.6. The Hall–Kier alpha value is -0.570. The Morgan fingerprint density at radius 1 is 1.10 bits per heavy atom. The first kappa shape index (κ1) is 16.8. The van der Waals surface area contributed by atoms with Gasteiger partial charge in [0.1, 0.15) is 0 Å². The van der Waals surface area contributed by atoms with Crippen LogP contribution in [0.1, 0.15) is 79.6 Å². The van der Waals surface area contributed by atoms with E-state index in [4.69, 9.17) is 0 Å². The number of carbonyl (C=O) groups excluding carboxylic acids is 1. The molecule has 1 saturated carbocycles. The molecule has 0 bridgehead atoms. The van der Waals surface area contributed by atoms with Crippen molar-refractivity contribution in [2.75, 3.05) is 0 Å². The molecule has 1 heterocycles. The molecule has 1 N–H and O–H groups in total. The predicted octanol–water partition coefficient (Wildman–Crippen LogP) is 3.93. The molecule has 3 heteroatoms.